The molecule has 1 aromatic carbocycles. The number of nitrogens with zero attached hydrogens (tertiary/aromatic N) is 1. The van der Waals surface area contributed by atoms with Gasteiger partial charge in [0.15, 0.2) is 6.29 Å². The van der Waals surface area contributed by atoms with Crippen molar-refractivity contribution in [3.05, 3.63) is 28.2 Å². The van der Waals surface area contributed by atoms with Crippen LogP contribution in [-0.4, -0.2) is 24.8 Å². The zero-order valence-electron chi connectivity index (χ0n) is 9.81. The van der Waals surface area contributed by atoms with Gasteiger partial charge in [-0.05, 0) is 32.0 Å². The molecule has 0 saturated heterocycles. The van der Waals surface area contributed by atoms with E-state index in [4.69, 9.17) is 5.73 Å². The molecule has 0 spiro atoms. The molecule has 0 bridgehead atoms. The molecule has 4 nitrogen and oxygen atoms in total. The Bertz CT molecular complexity index is 435. The molecular weight excluding hydrogens is 284 g/mol. The predicted molar refractivity (Wildman–Crippen MR) is 71.2 cm³/mol. The summed E-state index contributed by atoms with van der Waals surface area (Å²) in [5, 5.41) is 0. The Hall–Kier alpha value is -1.36. The highest BCUT2D eigenvalue weighted by Crippen LogP contribution is 2.25. The van der Waals surface area contributed by atoms with Crippen molar-refractivity contribution in [3.63, 3.8) is 0 Å². The topological polar surface area (TPSA) is 63.4 Å². The molecule has 1 rings (SSSR count). The van der Waals surface area contributed by atoms with Gasteiger partial charge in [-0.25, -0.2) is 0 Å². The zero-order chi connectivity index (χ0) is 13.0. The summed E-state index contributed by atoms with van der Waals surface area (Å²) in [6.45, 7) is 4.23. The van der Waals surface area contributed by atoms with Gasteiger partial charge in [-0.3, -0.25) is 9.59 Å². The third kappa shape index (κ3) is 3.06. The van der Waals surface area contributed by atoms with E-state index in [1.54, 1.807) is 24.0 Å². The van der Waals surface area contributed by atoms with Gasteiger partial charge in [0.05, 0.1) is 0 Å². The molecule has 2 N–H and O–H groups in total. The highest BCUT2D eigenvalue weighted by atomic mass is 79.9. The third-order valence-electron chi connectivity index (χ3n) is 2.65. The molecule has 92 valence electrons. The summed E-state index contributed by atoms with van der Waals surface area (Å²) in [7, 11) is 0. The zero-order valence-corrected chi connectivity index (χ0v) is 11.4. The number of nitrogens with two attached hydrogens (primary N) is 1. The number of anilines is 1. The van der Waals surface area contributed by atoms with E-state index in [0.717, 1.165) is 10.8 Å². The van der Waals surface area contributed by atoms with Gasteiger partial charge in [-0.2, -0.15) is 0 Å². The van der Waals surface area contributed by atoms with Gasteiger partial charge in [-0.15, -0.1) is 0 Å². The first-order valence-electron chi connectivity index (χ1n) is 5.32. The van der Waals surface area contributed by atoms with Crippen LogP contribution in [0.15, 0.2) is 22.7 Å². The van der Waals surface area contributed by atoms with Crippen LogP contribution >= 0.6 is 15.9 Å². The van der Waals surface area contributed by atoms with E-state index in [0.29, 0.717) is 17.8 Å². The number of benzene rings is 1. The first-order chi connectivity index (χ1) is 8.01. The molecule has 0 saturated carbocycles. The van der Waals surface area contributed by atoms with Crippen molar-refractivity contribution in [1.82, 2.24) is 0 Å². The molecule has 0 radical (unpaired) electrons. The van der Waals surface area contributed by atoms with Crippen LogP contribution in [0.2, 0.25) is 0 Å². The van der Waals surface area contributed by atoms with Gasteiger partial charge < -0.3 is 10.6 Å². The predicted octanol–water partition coefficient (Wildman–Crippen LogP) is 1.96. The van der Waals surface area contributed by atoms with E-state index in [1.807, 2.05) is 13.0 Å². The molecule has 1 atom stereocenters. The molecule has 0 fully saturated rings. The number of amides is 1. The number of carbonyl (C=O) groups is 2. The number of hydrogen-bond donors (Lipinski definition) is 1. The maximum atomic E-state index is 11.2. The molecule has 0 aliphatic heterocycles. The summed E-state index contributed by atoms with van der Waals surface area (Å²) in [6, 6.07) is 4.86. The number of aldehydes is 1. The van der Waals surface area contributed by atoms with Crippen molar-refractivity contribution in [2.75, 3.05) is 11.4 Å². The fourth-order valence-corrected chi connectivity index (χ4v) is 2.02. The third-order valence-corrected chi connectivity index (χ3v) is 3.14. The lowest BCUT2D eigenvalue weighted by molar-refractivity contribution is -0.118. The van der Waals surface area contributed by atoms with E-state index >= 15 is 0 Å². The molecule has 0 aliphatic carbocycles. The maximum Gasteiger partial charge on any atom is 0.239 e. The molecule has 5 heteroatoms. The second kappa shape index (κ2) is 5.82. The lowest BCUT2D eigenvalue weighted by atomic mass is 10.1. The van der Waals surface area contributed by atoms with Crippen LogP contribution in [0.1, 0.15) is 24.2 Å². The molecule has 0 aliphatic rings. The molecule has 0 heterocycles. The van der Waals surface area contributed by atoms with E-state index in [9.17, 15) is 9.59 Å². The van der Waals surface area contributed by atoms with Crippen molar-refractivity contribution < 1.29 is 9.59 Å². The van der Waals surface area contributed by atoms with Gasteiger partial charge in [0.25, 0.3) is 0 Å². The number of carbonyl (C=O) groups excluding carboxylic acids is 2. The highest BCUT2D eigenvalue weighted by Gasteiger charge is 2.20. The van der Waals surface area contributed by atoms with Crippen molar-refractivity contribution in [1.29, 1.82) is 0 Å². The van der Waals surface area contributed by atoms with Crippen molar-refractivity contribution >= 4 is 33.8 Å². The van der Waals surface area contributed by atoms with Gasteiger partial charge in [0.1, 0.15) is 6.04 Å². The molecule has 1 aromatic rings. The minimum absolute atomic E-state index is 0.413. The minimum Gasteiger partial charge on any atom is -0.368 e. The van der Waals surface area contributed by atoms with Gasteiger partial charge in [0.2, 0.25) is 5.91 Å². The number of hydrogen-bond acceptors (Lipinski definition) is 3. The fourth-order valence-electron chi connectivity index (χ4n) is 1.67. The highest BCUT2D eigenvalue weighted by molar-refractivity contribution is 9.10. The largest absolute Gasteiger partial charge is 0.368 e. The lowest BCUT2D eigenvalue weighted by Crippen LogP contribution is -2.43. The summed E-state index contributed by atoms with van der Waals surface area (Å²) in [4.78, 5) is 24.0. The summed E-state index contributed by atoms with van der Waals surface area (Å²) in [6.07, 6.45) is 0.776. The lowest BCUT2D eigenvalue weighted by Gasteiger charge is -2.29. The van der Waals surface area contributed by atoms with E-state index in [2.05, 4.69) is 15.9 Å². The fraction of sp³-hybridized carbons (Fsp3) is 0.333. The summed E-state index contributed by atoms with van der Waals surface area (Å²) >= 11 is 3.35. The quantitative estimate of drug-likeness (QED) is 0.845. The average Bonchev–Trinajstić information content (AvgIpc) is 2.30. The van der Waals surface area contributed by atoms with Crippen LogP contribution in [0.25, 0.3) is 0 Å². The SMILES string of the molecule is CCN(c1cc(Br)ccc1C=O)C(C)C(N)=O. The number of likely N-dealkylation sites (N-methyl/N-ethyl adjacent to an activating group) is 1. The van der Waals surface area contributed by atoms with Crippen LogP contribution in [0.3, 0.4) is 0 Å². The second-order valence-corrected chi connectivity index (χ2v) is 4.60. The Morgan fingerprint density at radius 3 is 2.71 bits per heavy atom. The molecule has 0 aromatic heterocycles. The molecule has 1 unspecified atom stereocenters. The monoisotopic (exact) mass is 298 g/mol. The number of primary amides is 1. The standard InChI is InChI=1S/C12H15BrN2O2/c1-3-15(8(2)12(14)17)11-6-10(13)5-4-9(11)7-16/h4-8H,3H2,1-2H3,(H2,14,17). The molecule has 1 amide bonds. The average molecular weight is 299 g/mol. The first kappa shape index (κ1) is 13.7. The van der Waals surface area contributed by atoms with Gasteiger partial charge in [0, 0.05) is 22.3 Å². The second-order valence-electron chi connectivity index (χ2n) is 3.69. The normalized spacial score (nSPS) is 11.9. The van der Waals surface area contributed by atoms with Crippen LogP contribution in [0, 0.1) is 0 Å². The first-order valence-corrected chi connectivity index (χ1v) is 6.11. The van der Waals surface area contributed by atoms with Gasteiger partial charge in [-0.1, -0.05) is 15.9 Å². The van der Waals surface area contributed by atoms with E-state index in [1.165, 1.54) is 0 Å². The van der Waals surface area contributed by atoms with Gasteiger partial charge >= 0.3 is 0 Å². The molecular formula is C12H15BrN2O2. The number of rotatable bonds is 5. The summed E-state index contributed by atoms with van der Waals surface area (Å²) < 4.78 is 0.855. The van der Waals surface area contributed by atoms with Crippen LogP contribution in [-0.2, 0) is 4.79 Å². The van der Waals surface area contributed by atoms with Crippen LogP contribution in [0.5, 0.6) is 0 Å². The van der Waals surface area contributed by atoms with E-state index in [-0.39, 0.29) is 0 Å². The van der Waals surface area contributed by atoms with Crippen molar-refractivity contribution in [2.45, 2.75) is 19.9 Å². The number of halogens is 1. The Morgan fingerprint density at radius 1 is 1.59 bits per heavy atom. The maximum absolute atomic E-state index is 11.2. The Morgan fingerprint density at radius 2 is 2.24 bits per heavy atom. The summed E-state index contributed by atoms with van der Waals surface area (Å²) in [5.74, 6) is -0.413. The van der Waals surface area contributed by atoms with Crippen molar-refractivity contribution in [3.8, 4) is 0 Å². The minimum atomic E-state index is -0.451. The Kier molecular flexibility index (Phi) is 4.69. The summed E-state index contributed by atoms with van der Waals surface area (Å²) in [5.41, 5.74) is 6.55. The van der Waals surface area contributed by atoms with Crippen molar-refractivity contribution in [2.24, 2.45) is 5.73 Å². The smallest absolute Gasteiger partial charge is 0.239 e. The molecule has 17 heavy (non-hydrogen) atoms. The Labute approximate surface area is 109 Å². The van der Waals surface area contributed by atoms with Crippen LogP contribution < -0.4 is 10.6 Å². The Balaban J connectivity index is 3.23. The van der Waals surface area contributed by atoms with Crippen LogP contribution in [0.4, 0.5) is 5.69 Å². The van der Waals surface area contributed by atoms with E-state index < -0.39 is 11.9 Å².